The van der Waals surface area contributed by atoms with E-state index in [1.807, 2.05) is 17.9 Å². The van der Waals surface area contributed by atoms with Gasteiger partial charge < -0.3 is 5.32 Å². The van der Waals surface area contributed by atoms with E-state index in [4.69, 9.17) is 0 Å². The van der Waals surface area contributed by atoms with E-state index < -0.39 is 0 Å². The second-order valence-corrected chi connectivity index (χ2v) is 4.31. The average molecular weight is 229 g/mol. The maximum Gasteiger partial charge on any atom is 0.0547 e. The molecular formula is C14H19N3. The lowest BCUT2D eigenvalue weighted by Gasteiger charge is -2.06. The molecule has 1 heterocycles. The predicted octanol–water partition coefficient (Wildman–Crippen LogP) is 2.06. The van der Waals surface area contributed by atoms with Gasteiger partial charge in [0.2, 0.25) is 0 Å². The van der Waals surface area contributed by atoms with E-state index in [0.717, 1.165) is 19.5 Å². The van der Waals surface area contributed by atoms with Gasteiger partial charge >= 0.3 is 0 Å². The summed E-state index contributed by atoms with van der Waals surface area (Å²) in [5.74, 6) is 0. The Bertz CT molecular complexity index is 440. The number of hydrogen-bond acceptors (Lipinski definition) is 2. The minimum Gasteiger partial charge on any atom is -0.311 e. The smallest absolute Gasteiger partial charge is 0.0547 e. The largest absolute Gasteiger partial charge is 0.311 e. The first-order valence-electron chi connectivity index (χ1n) is 5.99. The molecule has 2 aromatic rings. The molecule has 0 fully saturated rings. The van der Waals surface area contributed by atoms with Crippen LogP contribution < -0.4 is 5.32 Å². The normalized spacial score (nSPS) is 10.7. The van der Waals surface area contributed by atoms with Gasteiger partial charge in [-0.15, -0.1) is 0 Å². The molecular weight excluding hydrogens is 210 g/mol. The van der Waals surface area contributed by atoms with Crippen molar-refractivity contribution in [3.8, 4) is 0 Å². The molecule has 0 radical (unpaired) electrons. The Morgan fingerprint density at radius 1 is 1.24 bits per heavy atom. The maximum absolute atomic E-state index is 4.23. The minimum absolute atomic E-state index is 0.884. The average Bonchev–Trinajstić information content (AvgIpc) is 2.67. The first-order valence-corrected chi connectivity index (χ1v) is 5.99. The predicted molar refractivity (Wildman–Crippen MR) is 69.8 cm³/mol. The van der Waals surface area contributed by atoms with Gasteiger partial charge in [0.15, 0.2) is 0 Å². The van der Waals surface area contributed by atoms with Crippen LogP contribution in [0.1, 0.15) is 16.8 Å². The Kier molecular flexibility index (Phi) is 3.94. The van der Waals surface area contributed by atoms with Gasteiger partial charge in [0.1, 0.15) is 0 Å². The van der Waals surface area contributed by atoms with Crippen LogP contribution in [-0.2, 0) is 20.0 Å². The second kappa shape index (κ2) is 5.64. The Labute approximate surface area is 102 Å². The number of aryl methyl sites for hydroxylation is 2. The van der Waals surface area contributed by atoms with Crippen molar-refractivity contribution in [2.45, 2.75) is 19.9 Å². The molecule has 0 aliphatic heterocycles. The third-order valence-electron chi connectivity index (χ3n) is 3.00. The van der Waals surface area contributed by atoms with Crippen LogP contribution in [0.25, 0.3) is 0 Å². The van der Waals surface area contributed by atoms with E-state index in [-0.39, 0.29) is 0 Å². The van der Waals surface area contributed by atoms with Gasteiger partial charge in [-0.05, 0) is 31.0 Å². The summed E-state index contributed by atoms with van der Waals surface area (Å²) in [6, 6.07) is 10.5. The van der Waals surface area contributed by atoms with E-state index in [1.54, 1.807) is 0 Å². The summed E-state index contributed by atoms with van der Waals surface area (Å²) in [7, 11) is 1.99. The molecule has 90 valence electrons. The summed E-state index contributed by atoms with van der Waals surface area (Å²) in [5, 5.41) is 7.69. The van der Waals surface area contributed by atoms with Gasteiger partial charge in [-0.25, -0.2) is 0 Å². The van der Waals surface area contributed by atoms with Crippen molar-refractivity contribution in [3.63, 3.8) is 0 Å². The summed E-state index contributed by atoms with van der Waals surface area (Å²) < 4.78 is 1.94. The standard InChI is InChI=1S/C14H19N3/c1-12-10-16-17(2)14(12)11-15-9-8-13-6-4-3-5-7-13/h3-7,10,15H,8-9,11H2,1-2H3. The maximum atomic E-state index is 4.23. The van der Waals surface area contributed by atoms with E-state index in [0.29, 0.717) is 0 Å². The Balaban J connectivity index is 1.77. The third kappa shape index (κ3) is 3.17. The van der Waals surface area contributed by atoms with Crippen molar-refractivity contribution in [2.24, 2.45) is 7.05 Å². The summed E-state index contributed by atoms with van der Waals surface area (Å²) in [4.78, 5) is 0. The molecule has 0 atom stereocenters. The molecule has 3 nitrogen and oxygen atoms in total. The van der Waals surface area contributed by atoms with E-state index >= 15 is 0 Å². The molecule has 0 aliphatic carbocycles. The lowest BCUT2D eigenvalue weighted by molar-refractivity contribution is 0.623. The van der Waals surface area contributed by atoms with Crippen molar-refractivity contribution >= 4 is 0 Å². The molecule has 0 saturated carbocycles. The molecule has 0 aliphatic rings. The van der Waals surface area contributed by atoms with Crippen molar-refractivity contribution in [3.05, 3.63) is 53.3 Å². The van der Waals surface area contributed by atoms with Crippen LogP contribution in [-0.4, -0.2) is 16.3 Å². The number of nitrogens with zero attached hydrogens (tertiary/aromatic N) is 2. The lowest BCUT2D eigenvalue weighted by atomic mass is 10.1. The molecule has 0 unspecified atom stereocenters. The molecule has 1 aromatic carbocycles. The number of benzene rings is 1. The Morgan fingerprint density at radius 2 is 2.00 bits per heavy atom. The first-order chi connectivity index (χ1) is 8.27. The fourth-order valence-electron chi connectivity index (χ4n) is 1.91. The van der Waals surface area contributed by atoms with Crippen LogP contribution in [0.15, 0.2) is 36.5 Å². The topological polar surface area (TPSA) is 29.9 Å². The number of hydrogen-bond donors (Lipinski definition) is 1. The number of rotatable bonds is 5. The van der Waals surface area contributed by atoms with Crippen molar-refractivity contribution in [1.29, 1.82) is 0 Å². The van der Waals surface area contributed by atoms with Gasteiger partial charge in [0, 0.05) is 13.6 Å². The summed E-state index contributed by atoms with van der Waals surface area (Å²) in [6.07, 6.45) is 2.98. The van der Waals surface area contributed by atoms with Crippen molar-refractivity contribution < 1.29 is 0 Å². The Hall–Kier alpha value is -1.61. The summed E-state index contributed by atoms with van der Waals surface area (Å²) >= 11 is 0. The zero-order valence-corrected chi connectivity index (χ0v) is 10.5. The van der Waals surface area contributed by atoms with Gasteiger partial charge in [-0.2, -0.15) is 5.10 Å². The SMILES string of the molecule is Cc1cnn(C)c1CNCCc1ccccc1. The van der Waals surface area contributed by atoms with E-state index in [2.05, 4.69) is 47.7 Å². The molecule has 2 rings (SSSR count). The summed E-state index contributed by atoms with van der Waals surface area (Å²) in [5.41, 5.74) is 3.89. The fraction of sp³-hybridized carbons (Fsp3) is 0.357. The second-order valence-electron chi connectivity index (χ2n) is 4.31. The lowest BCUT2D eigenvalue weighted by Crippen LogP contribution is -2.19. The molecule has 3 heteroatoms. The first kappa shape index (κ1) is 11.9. The Morgan fingerprint density at radius 3 is 2.65 bits per heavy atom. The molecule has 0 saturated heterocycles. The quantitative estimate of drug-likeness (QED) is 0.795. The number of aromatic nitrogens is 2. The zero-order chi connectivity index (χ0) is 12.1. The molecule has 1 aromatic heterocycles. The highest BCUT2D eigenvalue weighted by molar-refractivity contribution is 5.16. The van der Waals surface area contributed by atoms with Crippen LogP contribution in [0.4, 0.5) is 0 Å². The zero-order valence-electron chi connectivity index (χ0n) is 10.5. The highest BCUT2D eigenvalue weighted by Gasteiger charge is 2.02. The van der Waals surface area contributed by atoms with E-state index in [1.165, 1.54) is 16.8 Å². The molecule has 0 amide bonds. The van der Waals surface area contributed by atoms with Crippen molar-refractivity contribution in [1.82, 2.24) is 15.1 Å². The monoisotopic (exact) mass is 229 g/mol. The highest BCUT2D eigenvalue weighted by Crippen LogP contribution is 2.04. The van der Waals surface area contributed by atoms with Crippen LogP contribution in [0.5, 0.6) is 0 Å². The van der Waals surface area contributed by atoms with Gasteiger partial charge in [0.05, 0.1) is 11.9 Å². The van der Waals surface area contributed by atoms with Crippen LogP contribution in [0.2, 0.25) is 0 Å². The van der Waals surface area contributed by atoms with Gasteiger partial charge in [-0.1, -0.05) is 30.3 Å². The third-order valence-corrected chi connectivity index (χ3v) is 3.00. The minimum atomic E-state index is 0.884. The van der Waals surface area contributed by atoms with Gasteiger partial charge in [-0.3, -0.25) is 4.68 Å². The molecule has 0 spiro atoms. The van der Waals surface area contributed by atoms with Crippen LogP contribution in [0.3, 0.4) is 0 Å². The van der Waals surface area contributed by atoms with Crippen LogP contribution in [0, 0.1) is 6.92 Å². The molecule has 1 N–H and O–H groups in total. The van der Waals surface area contributed by atoms with E-state index in [9.17, 15) is 0 Å². The summed E-state index contributed by atoms with van der Waals surface area (Å²) in [6.45, 7) is 3.98. The molecule has 17 heavy (non-hydrogen) atoms. The van der Waals surface area contributed by atoms with Gasteiger partial charge in [0.25, 0.3) is 0 Å². The number of nitrogens with one attached hydrogen (secondary N) is 1. The van der Waals surface area contributed by atoms with Crippen LogP contribution >= 0.6 is 0 Å². The highest BCUT2D eigenvalue weighted by atomic mass is 15.3. The fourth-order valence-corrected chi connectivity index (χ4v) is 1.91. The molecule has 0 bridgehead atoms. The van der Waals surface area contributed by atoms with Crippen molar-refractivity contribution in [2.75, 3.05) is 6.54 Å².